The average molecular weight is 307 g/mol. The number of alkyl halides is 1. The van der Waals surface area contributed by atoms with E-state index in [9.17, 15) is 0 Å². The van der Waals surface area contributed by atoms with Crippen molar-refractivity contribution in [1.82, 2.24) is 0 Å². The molecule has 0 saturated carbocycles. The molecule has 2 heteroatoms. The zero-order valence-corrected chi connectivity index (χ0v) is 12.2. The third kappa shape index (κ3) is 3.62. The Labute approximate surface area is 116 Å². The van der Waals surface area contributed by atoms with E-state index in [4.69, 9.17) is 0 Å². The standard InChI is InChI=1S/C15H15BrS/c1-17-14-9-7-13(8-10-14)15(16)11-12-5-3-2-4-6-12/h2-10,15H,11H2,1H3. The number of hydrogen-bond acceptors (Lipinski definition) is 1. The SMILES string of the molecule is CSc1ccc(C(Br)Cc2ccccc2)cc1. The summed E-state index contributed by atoms with van der Waals surface area (Å²) in [4.78, 5) is 1.70. The molecule has 0 spiro atoms. The molecule has 2 aromatic carbocycles. The van der Waals surface area contributed by atoms with Crippen LogP contribution in [0.25, 0.3) is 0 Å². The lowest BCUT2D eigenvalue weighted by Gasteiger charge is -2.10. The molecular formula is C15H15BrS. The van der Waals surface area contributed by atoms with Gasteiger partial charge in [-0.25, -0.2) is 0 Å². The van der Waals surface area contributed by atoms with E-state index in [0.717, 1.165) is 6.42 Å². The van der Waals surface area contributed by atoms with Crippen LogP contribution in [0, 0.1) is 0 Å². The Hall–Kier alpha value is -0.730. The minimum atomic E-state index is 0.390. The van der Waals surface area contributed by atoms with Crippen molar-refractivity contribution >= 4 is 27.7 Å². The summed E-state index contributed by atoms with van der Waals surface area (Å²) in [5.41, 5.74) is 2.70. The van der Waals surface area contributed by atoms with Gasteiger partial charge in [-0.15, -0.1) is 11.8 Å². The molecule has 0 fully saturated rings. The maximum Gasteiger partial charge on any atom is 0.0435 e. The molecule has 0 aliphatic carbocycles. The molecule has 0 bridgehead atoms. The van der Waals surface area contributed by atoms with Gasteiger partial charge in [-0.05, 0) is 35.9 Å². The molecular weight excluding hydrogens is 292 g/mol. The zero-order chi connectivity index (χ0) is 12.1. The number of hydrogen-bond donors (Lipinski definition) is 0. The molecule has 0 nitrogen and oxygen atoms in total. The maximum absolute atomic E-state index is 3.76. The van der Waals surface area contributed by atoms with Crippen LogP contribution in [0.3, 0.4) is 0 Å². The van der Waals surface area contributed by atoms with E-state index in [1.165, 1.54) is 16.0 Å². The van der Waals surface area contributed by atoms with E-state index in [-0.39, 0.29) is 0 Å². The van der Waals surface area contributed by atoms with E-state index in [1.54, 1.807) is 11.8 Å². The monoisotopic (exact) mass is 306 g/mol. The summed E-state index contributed by atoms with van der Waals surface area (Å²) in [6, 6.07) is 19.3. The largest absolute Gasteiger partial charge is 0.130 e. The summed E-state index contributed by atoms with van der Waals surface area (Å²) in [7, 11) is 0. The summed E-state index contributed by atoms with van der Waals surface area (Å²) in [6.45, 7) is 0. The van der Waals surface area contributed by atoms with Crippen LogP contribution in [0.15, 0.2) is 59.5 Å². The predicted octanol–water partition coefficient (Wildman–Crippen LogP) is 5.09. The van der Waals surface area contributed by atoms with Crippen molar-refractivity contribution in [2.24, 2.45) is 0 Å². The molecule has 0 saturated heterocycles. The molecule has 0 amide bonds. The van der Waals surface area contributed by atoms with Crippen LogP contribution in [-0.4, -0.2) is 6.26 Å². The summed E-state index contributed by atoms with van der Waals surface area (Å²) >= 11 is 5.54. The molecule has 0 aliphatic rings. The second-order valence-electron chi connectivity index (χ2n) is 3.93. The van der Waals surface area contributed by atoms with Gasteiger partial charge in [0, 0.05) is 9.72 Å². The number of thioether (sulfide) groups is 1. The molecule has 88 valence electrons. The van der Waals surface area contributed by atoms with Crippen molar-refractivity contribution in [3.8, 4) is 0 Å². The van der Waals surface area contributed by atoms with Gasteiger partial charge in [-0.1, -0.05) is 58.4 Å². The van der Waals surface area contributed by atoms with E-state index >= 15 is 0 Å². The van der Waals surface area contributed by atoms with Crippen LogP contribution < -0.4 is 0 Å². The van der Waals surface area contributed by atoms with Gasteiger partial charge in [-0.3, -0.25) is 0 Å². The molecule has 2 aromatic rings. The highest BCUT2D eigenvalue weighted by Crippen LogP contribution is 2.28. The topological polar surface area (TPSA) is 0 Å². The van der Waals surface area contributed by atoms with Crippen molar-refractivity contribution in [3.63, 3.8) is 0 Å². The lowest BCUT2D eigenvalue weighted by atomic mass is 10.0. The van der Waals surface area contributed by atoms with Gasteiger partial charge in [-0.2, -0.15) is 0 Å². The fraction of sp³-hybridized carbons (Fsp3) is 0.200. The van der Waals surface area contributed by atoms with Gasteiger partial charge in [0.2, 0.25) is 0 Å². The lowest BCUT2D eigenvalue weighted by molar-refractivity contribution is 0.947. The predicted molar refractivity (Wildman–Crippen MR) is 80.0 cm³/mol. The van der Waals surface area contributed by atoms with Gasteiger partial charge < -0.3 is 0 Å². The average Bonchev–Trinajstić information content (AvgIpc) is 2.40. The Kier molecular flexibility index (Phi) is 4.69. The van der Waals surface area contributed by atoms with E-state index < -0.39 is 0 Å². The molecule has 0 radical (unpaired) electrons. The van der Waals surface area contributed by atoms with Gasteiger partial charge >= 0.3 is 0 Å². The maximum atomic E-state index is 3.76. The third-order valence-corrected chi connectivity index (χ3v) is 4.33. The Balaban J connectivity index is 2.06. The van der Waals surface area contributed by atoms with Gasteiger partial charge in [0.1, 0.15) is 0 Å². The van der Waals surface area contributed by atoms with E-state index in [2.05, 4.69) is 76.8 Å². The smallest absolute Gasteiger partial charge is 0.0435 e. The van der Waals surface area contributed by atoms with Crippen LogP contribution in [0.2, 0.25) is 0 Å². The Morgan fingerprint density at radius 3 is 2.24 bits per heavy atom. The number of rotatable bonds is 4. The molecule has 0 heterocycles. The molecule has 17 heavy (non-hydrogen) atoms. The first kappa shape index (κ1) is 12.7. The van der Waals surface area contributed by atoms with Gasteiger partial charge in [0.05, 0.1) is 0 Å². The van der Waals surface area contributed by atoms with Gasteiger partial charge in [0.25, 0.3) is 0 Å². The second kappa shape index (κ2) is 6.27. The first-order valence-corrected chi connectivity index (χ1v) is 7.75. The van der Waals surface area contributed by atoms with Crippen LogP contribution in [0.1, 0.15) is 16.0 Å². The summed E-state index contributed by atoms with van der Waals surface area (Å²) < 4.78 is 0. The van der Waals surface area contributed by atoms with Crippen LogP contribution >= 0.6 is 27.7 Å². The normalized spacial score (nSPS) is 12.4. The van der Waals surface area contributed by atoms with Crippen molar-refractivity contribution < 1.29 is 0 Å². The Bertz CT molecular complexity index is 450. The fourth-order valence-electron chi connectivity index (χ4n) is 1.75. The molecule has 2 rings (SSSR count). The van der Waals surface area contributed by atoms with Crippen LogP contribution in [-0.2, 0) is 6.42 Å². The minimum Gasteiger partial charge on any atom is -0.130 e. The second-order valence-corrected chi connectivity index (χ2v) is 5.92. The molecule has 1 atom stereocenters. The van der Waals surface area contributed by atoms with Crippen LogP contribution in [0.5, 0.6) is 0 Å². The molecule has 0 aliphatic heterocycles. The quantitative estimate of drug-likeness (QED) is 0.560. The van der Waals surface area contributed by atoms with Crippen molar-refractivity contribution in [2.45, 2.75) is 16.1 Å². The number of benzene rings is 2. The highest BCUT2D eigenvalue weighted by molar-refractivity contribution is 9.09. The highest BCUT2D eigenvalue weighted by Gasteiger charge is 2.07. The van der Waals surface area contributed by atoms with E-state index in [0.29, 0.717) is 4.83 Å². The van der Waals surface area contributed by atoms with Gasteiger partial charge in [0.15, 0.2) is 0 Å². The third-order valence-electron chi connectivity index (χ3n) is 2.74. The van der Waals surface area contributed by atoms with Crippen molar-refractivity contribution in [1.29, 1.82) is 0 Å². The zero-order valence-electron chi connectivity index (χ0n) is 9.77. The molecule has 0 aromatic heterocycles. The minimum absolute atomic E-state index is 0.390. The first-order chi connectivity index (χ1) is 8.29. The summed E-state index contributed by atoms with van der Waals surface area (Å²) in [6.07, 6.45) is 3.13. The molecule has 1 unspecified atom stereocenters. The van der Waals surface area contributed by atoms with Crippen LogP contribution in [0.4, 0.5) is 0 Å². The molecule has 0 N–H and O–H groups in total. The first-order valence-electron chi connectivity index (χ1n) is 5.61. The van der Waals surface area contributed by atoms with Crippen molar-refractivity contribution in [2.75, 3.05) is 6.26 Å². The highest BCUT2D eigenvalue weighted by atomic mass is 79.9. The number of halogens is 1. The summed E-state index contributed by atoms with van der Waals surface area (Å²) in [5, 5.41) is 0. The van der Waals surface area contributed by atoms with E-state index in [1.807, 2.05) is 0 Å². The lowest BCUT2D eigenvalue weighted by Crippen LogP contribution is -1.94. The summed E-state index contributed by atoms with van der Waals surface area (Å²) in [5.74, 6) is 0. The Morgan fingerprint density at radius 1 is 1.00 bits per heavy atom. The fourth-order valence-corrected chi connectivity index (χ4v) is 2.84. The Morgan fingerprint density at radius 2 is 1.65 bits per heavy atom. The van der Waals surface area contributed by atoms with Crippen molar-refractivity contribution in [3.05, 3.63) is 65.7 Å².